The average molecular weight is 321 g/mol. The van der Waals surface area contributed by atoms with Crippen LogP contribution in [-0.2, 0) is 0 Å². The molecule has 1 atom stereocenters. The van der Waals surface area contributed by atoms with Gasteiger partial charge in [0, 0.05) is 18.0 Å². The van der Waals surface area contributed by atoms with Crippen LogP contribution in [0.25, 0.3) is 0 Å². The van der Waals surface area contributed by atoms with E-state index in [4.69, 9.17) is 4.74 Å². The molecular formula is C19H19N3O2. The normalized spacial score (nSPS) is 18.7. The summed E-state index contributed by atoms with van der Waals surface area (Å²) < 4.78 is 5.93. The maximum absolute atomic E-state index is 12.6. The van der Waals surface area contributed by atoms with Gasteiger partial charge >= 0.3 is 0 Å². The number of nitrogens with zero attached hydrogens (tertiary/aromatic N) is 3. The van der Waals surface area contributed by atoms with E-state index in [0.717, 1.165) is 17.0 Å². The lowest BCUT2D eigenvalue weighted by Gasteiger charge is -2.23. The average Bonchev–Trinajstić information content (AvgIpc) is 3.06. The Balaban J connectivity index is 1.66. The molecule has 2 aliphatic rings. The smallest absolute Gasteiger partial charge is 0.275 e. The molecular weight excluding hydrogens is 302 g/mol. The zero-order valence-corrected chi connectivity index (χ0v) is 13.8. The molecule has 1 aromatic heterocycles. The van der Waals surface area contributed by atoms with Crippen molar-refractivity contribution in [3.63, 3.8) is 0 Å². The summed E-state index contributed by atoms with van der Waals surface area (Å²) >= 11 is 0. The molecule has 4 rings (SSSR count). The first-order valence-corrected chi connectivity index (χ1v) is 8.21. The lowest BCUT2D eigenvalue weighted by Crippen LogP contribution is -2.31. The van der Waals surface area contributed by atoms with Crippen LogP contribution in [0.4, 0.5) is 0 Å². The molecule has 0 saturated heterocycles. The van der Waals surface area contributed by atoms with Crippen molar-refractivity contribution in [1.82, 2.24) is 9.99 Å². The Hall–Kier alpha value is -2.69. The van der Waals surface area contributed by atoms with Crippen LogP contribution in [-0.4, -0.2) is 34.8 Å². The largest absolute Gasteiger partial charge is 0.492 e. The molecule has 2 aromatic rings. The van der Waals surface area contributed by atoms with Crippen LogP contribution in [0.1, 0.15) is 41.3 Å². The maximum Gasteiger partial charge on any atom is 0.275 e. The van der Waals surface area contributed by atoms with E-state index < -0.39 is 0 Å². The van der Waals surface area contributed by atoms with Crippen molar-refractivity contribution >= 4 is 11.6 Å². The van der Waals surface area contributed by atoms with Gasteiger partial charge in [-0.3, -0.25) is 9.78 Å². The summed E-state index contributed by atoms with van der Waals surface area (Å²) in [5.74, 6) is 1.33. The van der Waals surface area contributed by atoms with Crippen LogP contribution in [0.3, 0.4) is 0 Å². The van der Waals surface area contributed by atoms with Crippen LogP contribution in [0.2, 0.25) is 0 Å². The molecule has 0 fully saturated rings. The summed E-state index contributed by atoms with van der Waals surface area (Å²) in [7, 11) is 0. The van der Waals surface area contributed by atoms with Crippen molar-refractivity contribution in [1.29, 1.82) is 0 Å². The number of hydrogen-bond acceptors (Lipinski definition) is 4. The molecule has 0 bridgehead atoms. The fourth-order valence-electron chi connectivity index (χ4n) is 3.14. The molecule has 0 aliphatic carbocycles. The summed E-state index contributed by atoms with van der Waals surface area (Å²) in [5, 5.41) is 6.13. The lowest BCUT2D eigenvalue weighted by molar-refractivity contribution is 0.0760. The van der Waals surface area contributed by atoms with Crippen molar-refractivity contribution in [3.05, 3.63) is 59.4 Å². The second-order valence-electron chi connectivity index (χ2n) is 6.53. The lowest BCUT2D eigenvalue weighted by atomic mass is 9.92. The number of aromatic nitrogens is 1. The highest BCUT2D eigenvalue weighted by Crippen LogP contribution is 2.34. The number of ether oxygens (including phenoxy) is 1. The number of carbonyl (C=O) groups is 1. The molecule has 3 heterocycles. The number of amides is 1. The van der Waals surface area contributed by atoms with Gasteiger partial charge in [-0.15, -0.1) is 0 Å². The third kappa shape index (κ3) is 2.46. The van der Waals surface area contributed by atoms with E-state index in [1.165, 1.54) is 10.6 Å². The standard InChI is InChI=1S/C19H19N3O2/c1-12(2)13-5-6-16-17(8-13)24-11-15-10-22(21-18(15)16)19(23)14-4-3-7-20-9-14/h3-9,12,15H,10-11H2,1-2H3. The molecule has 1 unspecified atom stereocenters. The molecule has 24 heavy (non-hydrogen) atoms. The second kappa shape index (κ2) is 5.74. The van der Waals surface area contributed by atoms with Gasteiger partial charge in [-0.1, -0.05) is 19.9 Å². The van der Waals surface area contributed by atoms with Gasteiger partial charge in [0.15, 0.2) is 0 Å². The molecule has 0 spiro atoms. The number of pyridine rings is 1. The molecule has 122 valence electrons. The van der Waals surface area contributed by atoms with Crippen molar-refractivity contribution in [2.45, 2.75) is 19.8 Å². The van der Waals surface area contributed by atoms with E-state index in [1.54, 1.807) is 24.5 Å². The maximum atomic E-state index is 12.6. The van der Waals surface area contributed by atoms with Gasteiger partial charge in [0.25, 0.3) is 5.91 Å². The fraction of sp³-hybridized carbons (Fsp3) is 0.316. The van der Waals surface area contributed by atoms with E-state index in [9.17, 15) is 4.79 Å². The third-order valence-electron chi connectivity index (χ3n) is 4.54. The molecule has 1 amide bonds. The Morgan fingerprint density at radius 2 is 2.21 bits per heavy atom. The first-order chi connectivity index (χ1) is 11.6. The Kier molecular flexibility index (Phi) is 3.56. The Labute approximate surface area is 141 Å². The minimum Gasteiger partial charge on any atom is -0.492 e. The predicted octanol–water partition coefficient (Wildman–Crippen LogP) is 3.07. The Bertz CT molecular complexity index is 815. The van der Waals surface area contributed by atoms with Gasteiger partial charge in [-0.25, -0.2) is 5.01 Å². The highest BCUT2D eigenvalue weighted by atomic mass is 16.5. The summed E-state index contributed by atoms with van der Waals surface area (Å²) in [6.45, 7) is 5.43. The number of hydrazone groups is 1. The number of rotatable bonds is 2. The van der Waals surface area contributed by atoms with Crippen molar-refractivity contribution in [3.8, 4) is 5.75 Å². The van der Waals surface area contributed by atoms with Crippen molar-refractivity contribution in [2.24, 2.45) is 11.0 Å². The molecule has 5 heteroatoms. The van der Waals surface area contributed by atoms with Gasteiger partial charge in [0.1, 0.15) is 5.75 Å². The van der Waals surface area contributed by atoms with E-state index in [0.29, 0.717) is 24.6 Å². The summed E-state index contributed by atoms with van der Waals surface area (Å²) in [4.78, 5) is 16.6. The quantitative estimate of drug-likeness (QED) is 0.854. The van der Waals surface area contributed by atoms with Crippen molar-refractivity contribution in [2.75, 3.05) is 13.2 Å². The van der Waals surface area contributed by atoms with Gasteiger partial charge in [0.2, 0.25) is 0 Å². The molecule has 0 saturated carbocycles. The van der Waals surface area contributed by atoms with Crippen molar-refractivity contribution < 1.29 is 9.53 Å². The van der Waals surface area contributed by atoms with E-state index in [-0.39, 0.29) is 11.8 Å². The molecule has 0 radical (unpaired) electrons. The minimum atomic E-state index is -0.120. The van der Waals surface area contributed by atoms with E-state index in [2.05, 4.69) is 42.1 Å². The first kappa shape index (κ1) is 14.9. The summed E-state index contributed by atoms with van der Waals surface area (Å²) in [6, 6.07) is 9.79. The molecule has 0 N–H and O–H groups in total. The van der Waals surface area contributed by atoms with Crippen LogP contribution in [0.5, 0.6) is 5.75 Å². The van der Waals surface area contributed by atoms with Crippen LogP contribution >= 0.6 is 0 Å². The third-order valence-corrected chi connectivity index (χ3v) is 4.54. The van der Waals surface area contributed by atoms with E-state index in [1.807, 2.05) is 0 Å². The first-order valence-electron chi connectivity index (χ1n) is 8.21. The van der Waals surface area contributed by atoms with Crippen LogP contribution in [0, 0.1) is 5.92 Å². The molecule has 2 aliphatic heterocycles. The summed E-state index contributed by atoms with van der Waals surface area (Å²) in [5.41, 5.74) is 3.74. The van der Waals surface area contributed by atoms with Gasteiger partial charge in [-0.2, -0.15) is 5.10 Å². The fourth-order valence-corrected chi connectivity index (χ4v) is 3.14. The SMILES string of the molecule is CC(C)c1ccc2c(c1)OCC1CN(C(=O)c3cccnc3)N=C21. The molecule has 5 nitrogen and oxygen atoms in total. The Morgan fingerprint density at radius 3 is 2.96 bits per heavy atom. The highest BCUT2D eigenvalue weighted by molar-refractivity contribution is 6.08. The van der Waals surface area contributed by atoms with Gasteiger partial charge < -0.3 is 4.74 Å². The zero-order valence-electron chi connectivity index (χ0n) is 13.8. The van der Waals surface area contributed by atoms with Gasteiger partial charge in [0.05, 0.1) is 30.3 Å². The Morgan fingerprint density at radius 1 is 1.33 bits per heavy atom. The number of benzene rings is 1. The summed E-state index contributed by atoms with van der Waals surface area (Å²) in [6.07, 6.45) is 3.23. The topological polar surface area (TPSA) is 54.8 Å². The minimum absolute atomic E-state index is 0.120. The monoisotopic (exact) mass is 321 g/mol. The number of fused-ring (bicyclic) bond motifs is 3. The van der Waals surface area contributed by atoms with E-state index >= 15 is 0 Å². The molecule has 1 aromatic carbocycles. The van der Waals surface area contributed by atoms with Crippen LogP contribution in [0.15, 0.2) is 47.8 Å². The number of carbonyl (C=O) groups excluding carboxylic acids is 1. The predicted molar refractivity (Wildman–Crippen MR) is 91.3 cm³/mol. The number of hydrogen-bond donors (Lipinski definition) is 0. The van der Waals surface area contributed by atoms with Crippen LogP contribution < -0.4 is 4.74 Å². The van der Waals surface area contributed by atoms with Gasteiger partial charge in [-0.05, 0) is 35.7 Å². The second-order valence-corrected chi connectivity index (χ2v) is 6.53. The zero-order chi connectivity index (χ0) is 16.7. The highest BCUT2D eigenvalue weighted by Gasteiger charge is 2.36.